The highest BCUT2D eigenvalue weighted by molar-refractivity contribution is 7.80. The van der Waals surface area contributed by atoms with Gasteiger partial charge < -0.3 is 19.4 Å². The first kappa shape index (κ1) is 21.1. The number of aromatic nitrogens is 1. The zero-order valence-corrected chi connectivity index (χ0v) is 18.4. The van der Waals surface area contributed by atoms with Crippen molar-refractivity contribution in [2.75, 3.05) is 13.7 Å². The number of nitrogens with one attached hydrogen (secondary N) is 1. The molecule has 31 heavy (non-hydrogen) atoms. The Hall–Kier alpha value is -3.19. The largest absolute Gasteiger partial charge is 0.465 e. The lowest BCUT2D eigenvalue weighted by molar-refractivity contribution is 0.0600. The minimum atomic E-state index is -0.359. The molecule has 1 fully saturated rings. The number of carbonyl (C=O) groups is 1. The van der Waals surface area contributed by atoms with Crippen LogP contribution in [0.25, 0.3) is 11.3 Å². The first-order chi connectivity index (χ1) is 15.1. The summed E-state index contributed by atoms with van der Waals surface area (Å²) in [6.45, 7) is 3.01. The van der Waals surface area contributed by atoms with Gasteiger partial charge in [0.25, 0.3) is 0 Å². The van der Waals surface area contributed by atoms with Crippen molar-refractivity contribution in [3.8, 4) is 11.3 Å². The summed E-state index contributed by atoms with van der Waals surface area (Å²) >= 11 is 5.66. The van der Waals surface area contributed by atoms with Gasteiger partial charge in [-0.1, -0.05) is 31.5 Å². The third kappa shape index (κ3) is 4.32. The number of carbonyl (C=O) groups excluding carboxylic acids is 1. The van der Waals surface area contributed by atoms with Crippen LogP contribution in [-0.4, -0.2) is 34.6 Å². The SMILES string of the molecule is CCCCN1C(=S)NC(c2ccccn2)C1c1ccc(-c2ccc(C(=O)OC)cc2)o1. The van der Waals surface area contributed by atoms with Crippen molar-refractivity contribution >= 4 is 23.3 Å². The Morgan fingerprint density at radius 1 is 1.19 bits per heavy atom. The topological polar surface area (TPSA) is 67.6 Å². The molecule has 0 aliphatic carbocycles. The van der Waals surface area contributed by atoms with E-state index in [0.29, 0.717) is 5.56 Å². The normalized spacial score (nSPS) is 18.1. The van der Waals surface area contributed by atoms with Crippen LogP contribution >= 0.6 is 12.2 Å². The second-order valence-electron chi connectivity index (χ2n) is 7.44. The van der Waals surface area contributed by atoms with E-state index in [-0.39, 0.29) is 18.1 Å². The van der Waals surface area contributed by atoms with E-state index in [1.165, 1.54) is 7.11 Å². The summed E-state index contributed by atoms with van der Waals surface area (Å²) in [6.07, 6.45) is 3.91. The number of rotatable bonds is 7. The number of esters is 1. The van der Waals surface area contributed by atoms with E-state index < -0.39 is 0 Å². The van der Waals surface area contributed by atoms with E-state index in [1.807, 2.05) is 42.5 Å². The lowest BCUT2D eigenvalue weighted by Gasteiger charge is -2.25. The average molecular weight is 436 g/mol. The Kier molecular flexibility index (Phi) is 6.32. The summed E-state index contributed by atoms with van der Waals surface area (Å²) in [5.41, 5.74) is 2.32. The van der Waals surface area contributed by atoms with E-state index in [9.17, 15) is 4.79 Å². The maximum absolute atomic E-state index is 11.7. The summed E-state index contributed by atoms with van der Waals surface area (Å²) < 4.78 is 11.1. The van der Waals surface area contributed by atoms with E-state index >= 15 is 0 Å². The van der Waals surface area contributed by atoms with Crippen molar-refractivity contribution in [1.82, 2.24) is 15.2 Å². The number of hydrogen-bond acceptors (Lipinski definition) is 5. The smallest absolute Gasteiger partial charge is 0.337 e. The van der Waals surface area contributed by atoms with Gasteiger partial charge in [0.05, 0.1) is 24.4 Å². The van der Waals surface area contributed by atoms with Gasteiger partial charge in [-0.2, -0.15) is 0 Å². The van der Waals surface area contributed by atoms with Gasteiger partial charge in [0.1, 0.15) is 17.6 Å². The van der Waals surface area contributed by atoms with Gasteiger partial charge in [-0.15, -0.1) is 0 Å². The third-order valence-corrected chi connectivity index (χ3v) is 5.81. The van der Waals surface area contributed by atoms with Crippen molar-refractivity contribution in [1.29, 1.82) is 0 Å². The molecule has 1 aliphatic rings. The zero-order valence-electron chi connectivity index (χ0n) is 17.6. The van der Waals surface area contributed by atoms with Crippen molar-refractivity contribution in [2.24, 2.45) is 0 Å². The molecule has 1 saturated heterocycles. The third-order valence-electron chi connectivity index (χ3n) is 5.46. The van der Waals surface area contributed by atoms with Gasteiger partial charge in [-0.3, -0.25) is 4.98 Å². The highest BCUT2D eigenvalue weighted by atomic mass is 32.1. The molecule has 1 aromatic carbocycles. The van der Waals surface area contributed by atoms with Crippen LogP contribution in [-0.2, 0) is 4.74 Å². The molecule has 0 spiro atoms. The number of thiocarbonyl (C=S) groups is 1. The number of furan rings is 1. The Bertz CT molecular complexity index is 1050. The molecule has 0 amide bonds. The van der Waals surface area contributed by atoms with Gasteiger partial charge in [-0.05, 0) is 55.0 Å². The Balaban J connectivity index is 1.65. The fraction of sp³-hybridized carbons (Fsp3) is 0.292. The fourth-order valence-electron chi connectivity index (χ4n) is 3.84. The van der Waals surface area contributed by atoms with Crippen LogP contribution in [0.15, 0.2) is 65.2 Å². The number of nitrogens with zero attached hydrogens (tertiary/aromatic N) is 2. The highest BCUT2D eigenvalue weighted by Crippen LogP contribution is 2.40. The Labute approximate surface area is 187 Å². The van der Waals surface area contributed by atoms with Crippen LogP contribution in [0, 0.1) is 0 Å². The molecule has 2 aromatic heterocycles. The number of benzene rings is 1. The Morgan fingerprint density at radius 3 is 2.68 bits per heavy atom. The molecular weight excluding hydrogens is 410 g/mol. The van der Waals surface area contributed by atoms with Crippen molar-refractivity contribution in [3.05, 3.63) is 77.8 Å². The van der Waals surface area contributed by atoms with Crippen LogP contribution in [0.3, 0.4) is 0 Å². The molecule has 0 radical (unpaired) electrons. The van der Waals surface area contributed by atoms with Crippen LogP contribution in [0.5, 0.6) is 0 Å². The molecule has 0 bridgehead atoms. The number of ether oxygens (including phenoxy) is 1. The Morgan fingerprint density at radius 2 is 2.00 bits per heavy atom. The monoisotopic (exact) mass is 435 g/mol. The first-order valence-electron chi connectivity index (χ1n) is 10.4. The predicted molar refractivity (Wildman–Crippen MR) is 123 cm³/mol. The zero-order chi connectivity index (χ0) is 21.8. The van der Waals surface area contributed by atoms with Crippen LogP contribution in [0.2, 0.25) is 0 Å². The van der Waals surface area contributed by atoms with Crippen LogP contribution in [0.4, 0.5) is 0 Å². The molecule has 2 unspecified atom stereocenters. The maximum atomic E-state index is 11.7. The van der Waals surface area contributed by atoms with Gasteiger partial charge in [0.15, 0.2) is 5.11 Å². The maximum Gasteiger partial charge on any atom is 0.337 e. The second kappa shape index (κ2) is 9.31. The predicted octanol–water partition coefficient (Wildman–Crippen LogP) is 4.90. The molecule has 6 nitrogen and oxygen atoms in total. The summed E-state index contributed by atoms with van der Waals surface area (Å²) in [5.74, 6) is 1.20. The number of methoxy groups -OCH3 is 1. The van der Waals surface area contributed by atoms with E-state index in [0.717, 1.165) is 47.3 Å². The summed E-state index contributed by atoms with van der Waals surface area (Å²) in [6, 6.07) is 16.9. The summed E-state index contributed by atoms with van der Waals surface area (Å²) in [4.78, 5) is 18.4. The van der Waals surface area contributed by atoms with Crippen molar-refractivity contribution in [3.63, 3.8) is 0 Å². The van der Waals surface area contributed by atoms with E-state index in [4.69, 9.17) is 21.4 Å². The number of pyridine rings is 1. The van der Waals surface area contributed by atoms with Gasteiger partial charge in [0.2, 0.25) is 0 Å². The molecule has 3 heterocycles. The van der Waals surface area contributed by atoms with Crippen molar-refractivity contribution in [2.45, 2.75) is 31.8 Å². The van der Waals surface area contributed by atoms with E-state index in [2.05, 4.69) is 22.1 Å². The number of hydrogen-bond donors (Lipinski definition) is 1. The van der Waals surface area contributed by atoms with Gasteiger partial charge >= 0.3 is 5.97 Å². The molecule has 160 valence electrons. The first-order valence-corrected chi connectivity index (χ1v) is 10.8. The second-order valence-corrected chi connectivity index (χ2v) is 7.83. The lowest BCUT2D eigenvalue weighted by atomic mass is 10.0. The molecule has 7 heteroatoms. The van der Waals surface area contributed by atoms with E-state index in [1.54, 1.807) is 18.3 Å². The highest BCUT2D eigenvalue weighted by Gasteiger charge is 2.41. The molecule has 1 N–H and O–H groups in total. The lowest BCUT2D eigenvalue weighted by Crippen LogP contribution is -2.30. The molecule has 2 atom stereocenters. The molecular formula is C24H25N3O3S. The minimum Gasteiger partial charge on any atom is -0.465 e. The molecule has 4 rings (SSSR count). The summed E-state index contributed by atoms with van der Waals surface area (Å²) in [7, 11) is 1.37. The van der Waals surface area contributed by atoms with Crippen LogP contribution in [0.1, 0.15) is 53.7 Å². The quantitative estimate of drug-likeness (QED) is 0.418. The number of unbranched alkanes of at least 4 members (excludes halogenated alkanes) is 1. The standard InChI is InChI=1S/C24H25N3O3S/c1-3-4-15-27-22(21(26-24(27)31)18-7-5-6-14-25-18)20-13-12-19(30-20)16-8-10-17(11-9-16)23(28)29-2/h5-14,21-22H,3-4,15H2,1-2H3,(H,26,31). The fourth-order valence-corrected chi connectivity index (χ4v) is 4.17. The molecule has 3 aromatic rings. The average Bonchev–Trinajstić information content (AvgIpc) is 3.42. The minimum absolute atomic E-state index is 0.0861. The van der Waals surface area contributed by atoms with Crippen molar-refractivity contribution < 1.29 is 13.9 Å². The molecule has 1 aliphatic heterocycles. The van der Waals surface area contributed by atoms with Gasteiger partial charge in [-0.25, -0.2) is 4.79 Å². The summed E-state index contributed by atoms with van der Waals surface area (Å²) in [5, 5.41) is 4.15. The van der Waals surface area contributed by atoms with Gasteiger partial charge in [0, 0.05) is 18.3 Å². The molecule has 0 saturated carbocycles. The van der Waals surface area contributed by atoms with Crippen LogP contribution < -0.4 is 5.32 Å².